The zero-order valence-corrected chi connectivity index (χ0v) is 20.0. The fourth-order valence-corrected chi connectivity index (χ4v) is 4.85. The molecule has 0 saturated heterocycles. The van der Waals surface area contributed by atoms with Gasteiger partial charge in [0.2, 0.25) is 11.9 Å². The van der Waals surface area contributed by atoms with Gasteiger partial charge in [0, 0.05) is 54.9 Å². The summed E-state index contributed by atoms with van der Waals surface area (Å²) in [6, 6.07) is 20.8. The van der Waals surface area contributed by atoms with Gasteiger partial charge in [-0.05, 0) is 42.5 Å². The maximum Gasteiger partial charge on any atom is 0.228 e. The number of amides is 1. The van der Waals surface area contributed by atoms with E-state index in [4.69, 9.17) is 4.98 Å². The van der Waals surface area contributed by atoms with E-state index in [1.165, 1.54) is 0 Å². The lowest BCUT2D eigenvalue weighted by Gasteiger charge is -2.16. The van der Waals surface area contributed by atoms with Gasteiger partial charge >= 0.3 is 0 Å². The predicted molar refractivity (Wildman–Crippen MR) is 137 cm³/mol. The van der Waals surface area contributed by atoms with Crippen LogP contribution in [-0.4, -0.2) is 43.0 Å². The zero-order valence-electron chi connectivity index (χ0n) is 19.1. The van der Waals surface area contributed by atoms with Gasteiger partial charge in [-0.2, -0.15) is 0 Å². The second-order valence-corrected chi connectivity index (χ2v) is 9.75. The normalized spacial score (nSPS) is 13.4. The van der Waals surface area contributed by atoms with Crippen molar-refractivity contribution in [1.29, 1.82) is 0 Å². The summed E-state index contributed by atoms with van der Waals surface area (Å²) in [6.07, 6.45) is 4.40. The van der Waals surface area contributed by atoms with Crippen LogP contribution in [0.15, 0.2) is 84.0 Å². The highest BCUT2D eigenvalue weighted by Gasteiger charge is 2.20. The minimum atomic E-state index is -1.28. The zero-order chi connectivity index (χ0) is 24.2. The third-order valence-electron chi connectivity index (χ3n) is 5.68. The van der Waals surface area contributed by atoms with Crippen LogP contribution < -0.4 is 10.6 Å². The molecule has 176 valence electrons. The Hall–Kier alpha value is -3.95. The van der Waals surface area contributed by atoms with Gasteiger partial charge in [0.1, 0.15) is 11.0 Å². The molecular weight excluding hydrogens is 460 g/mol. The first-order chi connectivity index (χ1) is 17.1. The molecule has 5 rings (SSSR count). The Balaban J connectivity index is 1.28. The number of rotatable bonds is 7. The molecule has 1 amide bonds. The van der Waals surface area contributed by atoms with E-state index in [1.807, 2.05) is 73.8 Å². The highest BCUT2D eigenvalue weighted by Crippen LogP contribution is 2.32. The monoisotopic (exact) mass is 484 g/mol. The number of nitrogens with zero attached hydrogens (tertiary/aromatic N) is 4. The Bertz CT molecular complexity index is 1380. The molecule has 2 N–H and O–H groups in total. The number of hydrogen-bond donors (Lipinski definition) is 2. The molecule has 1 aliphatic rings. The number of carbonyl (C=O) groups is 1. The van der Waals surface area contributed by atoms with Crippen molar-refractivity contribution in [3.8, 4) is 11.3 Å². The summed E-state index contributed by atoms with van der Waals surface area (Å²) in [6.45, 7) is 0.630. The van der Waals surface area contributed by atoms with Crippen LogP contribution in [0, 0.1) is 0 Å². The van der Waals surface area contributed by atoms with Gasteiger partial charge in [-0.25, -0.2) is 18.5 Å². The van der Waals surface area contributed by atoms with Crippen LogP contribution in [0.4, 0.5) is 17.3 Å². The number of benzene rings is 2. The van der Waals surface area contributed by atoms with Crippen molar-refractivity contribution in [2.24, 2.45) is 0 Å². The molecule has 0 radical (unpaired) electrons. The van der Waals surface area contributed by atoms with Crippen molar-refractivity contribution in [1.82, 2.24) is 19.3 Å². The second kappa shape index (κ2) is 10.1. The van der Waals surface area contributed by atoms with Crippen LogP contribution in [0.5, 0.6) is 0 Å². The van der Waals surface area contributed by atoms with Crippen LogP contribution >= 0.6 is 0 Å². The molecule has 2 aromatic heterocycles. The smallest absolute Gasteiger partial charge is 0.228 e. The number of pyridine rings is 1. The van der Waals surface area contributed by atoms with Gasteiger partial charge < -0.3 is 10.6 Å². The Morgan fingerprint density at radius 3 is 2.63 bits per heavy atom. The molecule has 3 heterocycles. The highest BCUT2D eigenvalue weighted by atomic mass is 32.2. The lowest BCUT2D eigenvalue weighted by molar-refractivity contribution is -0.115. The van der Waals surface area contributed by atoms with Crippen LogP contribution in [0.2, 0.25) is 0 Å². The Kier molecular flexibility index (Phi) is 6.60. The van der Waals surface area contributed by atoms with Crippen LogP contribution in [0.25, 0.3) is 11.3 Å². The molecule has 9 heteroatoms. The van der Waals surface area contributed by atoms with E-state index >= 15 is 0 Å². The third kappa shape index (κ3) is 5.26. The summed E-state index contributed by atoms with van der Waals surface area (Å²) in [7, 11) is 0.558. The molecule has 0 aliphatic carbocycles. The lowest BCUT2D eigenvalue weighted by atomic mass is 10.1. The predicted octanol–water partition coefficient (Wildman–Crippen LogP) is 3.97. The molecular formula is C26H24N6O2S. The topological polar surface area (TPSA) is 100 Å². The van der Waals surface area contributed by atoms with Crippen molar-refractivity contribution in [2.75, 3.05) is 24.2 Å². The molecule has 8 nitrogen and oxygen atoms in total. The number of anilines is 3. The van der Waals surface area contributed by atoms with Crippen LogP contribution in [0.1, 0.15) is 11.3 Å². The summed E-state index contributed by atoms with van der Waals surface area (Å²) < 4.78 is 14.7. The third-order valence-corrected chi connectivity index (χ3v) is 7.10. The fourth-order valence-electron chi connectivity index (χ4n) is 3.86. The summed E-state index contributed by atoms with van der Waals surface area (Å²) in [5.41, 5.74) is 4.84. The SMILES string of the molecule is CN(CCc1ccccn1)S(=O)c1ccc(Nc2ncc3c(n2)-c2ccccc2NC(=O)C3)cc1. The number of para-hydroxylation sites is 1. The molecule has 0 saturated carbocycles. The fraction of sp³-hybridized carbons (Fsp3) is 0.154. The quantitative estimate of drug-likeness (QED) is 0.412. The van der Waals surface area contributed by atoms with Gasteiger partial charge in [0.05, 0.1) is 22.7 Å². The summed E-state index contributed by atoms with van der Waals surface area (Å²) in [5, 5.41) is 6.13. The van der Waals surface area contributed by atoms with E-state index in [-0.39, 0.29) is 12.3 Å². The summed E-state index contributed by atoms with van der Waals surface area (Å²) in [5.74, 6) is 0.336. The van der Waals surface area contributed by atoms with Crippen molar-refractivity contribution in [2.45, 2.75) is 17.7 Å². The van der Waals surface area contributed by atoms with E-state index in [0.29, 0.717) is 17.4 Å². The number of hydrogen-bond acceptors (Lipinski definition) is 6. The number of nitrogens with one attached hydrogen (secondary N) is 2. The minimum Gasteiger partial charge on any atom is -0.325 e. The summed E-state index contributed by atoms with van der Waals surface area (Å²) in [4.78, 5) is 26.3. The Morgan fingerprint density at radius 1 is 1.03 bits per heavy atom. The average molecular weight is 485 g/mol. The molecule has 0 spiro atoms. The maximum absolute atomic E-state index is 12.9. The first-order valence-electron chi connectivity index (χ1n) is 11.2. The highest BCUT2D eigenvalue weighted by molar-refractivity contribution is 7.82. The second-order valence-electron chi connectivity index (χ2n) is 8.16. The van der Waals surface area contributed by atoms with E-state index in [2.05, 4.69) is 20.6 Å². The first-order valence-corrected chi connectivity index (χ1v) is 12.3. The molecule has 4 aromatic rings. The van der Waals surface area contributed by atoms with E-state index in [0.717, 1.165) is 40.3 Å². The van der Waals surface area contributed by atoms with Gasteiger partial charge in [-0.1, -0.05) is 24.3 Å². The number of fused-ring (bicyclic) bond motifs is 3. The maximum atomic E-state index is 12.9. The Morgan fingerprint density at radius 2 is 1.83 bits per heavy atom. The number of carbonyl (C=O) groups excluding carboxylic acids is 1. The van der Waals surface area contributed by atoms with Gasteiger partial charge in [-0.3, -0.25) is 9.78 Å². The summed E-state index contributed by atoms with van der Waals surface area (Å²) >= 11 is 0. The van der Waals surface area contributed by atoms with Crippen molar-refractivity contribution >= 4 is 34.2 Å². The molecule has 0 fully saturated rings. The molecule has 1 atom stereocenters. The van der Waals surface area contributed by atoms with Gasteiger partial charge in [0.15, 0.2) is 0 Å². The first kappa shape index (κ1) is 22.8. The lowest BCUT2D eigenvalue weighted by Crippen LogP contribution is -2.24. The van der Waals surface area contributed by atoms with Crippen molar-refractivity contribution in [3.63, 3.8) is 0 Å². The van der Waals surface area contributed by atoms with E-state index in [9.17, 15) is 9.00 Å². The van der Waals surface area contributed by atoms with Gasteiger partial charge in [-0.15, -0.1) is 0 Å². The largest absolute Gasteiger partial charge is 0.325 e. The molecule has 2 aromatic carbocycles. The molecule has 35 heavy (non-hydrogen) atoms. The van der Waals surface area contributed by atoms with E-state index in [1.54, 1.807) is 16.7 Å². The average Bonchev–Trinajstić information content (AvgIpc) is 3.03. The standard InChI is InChI=1S/C26H24N6O2S/c1-32(15-13-19-6-4-5-14-27-19)35(34)21-11-9-20(10-12-21)29-26-28-17-18-16-24(33)30-23-8-3-2-7-22(23)25(18)31-26/h2-12,14,17H,13,15-16H2,1H3,(H,30,33)(H,28,29,31). The Labute approximate surface area is 206 Å². The number of aromatic nitrogens is 3. The van der Waals surface area contributed by atoms with Crippen LogP contribution in [-0.2, 0) is 28.6 Å². The number of likely N-dealkylation sites (N-methyl/N-ethyl adjacent to an activating group) is 1. The van der Waals surface area contributed by atoms with Crippen molar-refractivity contribution < 1.29 is 9.00 Å². The molecule has 0 bridgehead atoms. The van der Waals surface area contributed by atoms with Crippen molar-refractivity contribution in [3.05, 3.63) is 90.4 Å². The van der Waals surface area contributed by atoms with Crippen LogP contribution in [0.3, 0.4) is 0 Å². The van der Waals surface area contributed by atoms with Gasteiger partial charge in [0.25, 0.3) is 0 Å². The minimum absolute atomic E-state index is 0.0888. The van der Waals surface area contributed by atoms with E-state index < -0.39 is 11.0 Å². The molecule has 1 aliphatic heterocycles. The molecule has 1 unspecified atom stereocenters.